The highest BCUT2D eigenvalue weighted by Crippen LogP contribution is 2.29. The summed E-state index contributed by atoms with van der Waals surface area (Å²) in [7, 11) is 0. The van der Waals surface area contributed by atoms with Crippen LogP contribution in [-0.4, -0.2) is 37.8 Å². The van der Waals surface area contributed by atoms with E-state index in [2.05, 4.69) is 63.5 Å². The summed E-state index contributed by atoms with van der Waals surface area (Å²) in [5.74, 6) is 0.757. The molecule has 1 amide bonds. The van der Waals surface area contributed by atoms with Crippen LogP contribution in [0.5, 0.6) is 5.75 Å². The highest BCUT2D eigenvalue weighted by atomic mass is 16.5. The SMILES string of the molecule is CC(C)(C)CNC(C)(C)c1ccc2c(c1)CCC(NC(=O)c1ccc(OC[C@@H]3CCCO3)cc1)C2. The first-order chi connectivity index (χ1) is 16.6. The number of ether oxygens (including phenoxy) is 2. The molecule has 1 saturated heterocycles. The highest BCUT2D eigenvalue weighted by Gasteiger charge is 2.26. The Balaban J connectivity index is 1.31. The van der Waals surface area contributed by atoms with Crippen molar-refractivity contribution in [2.24, 2.45) is 5.41 Å². The van der Waals surface area contributed by atoms with Crippen molar-refractivity contribution in [3.63, 3.8) is 0 Å². The van der Waals surface area contributed by atoms with Gasteiger partial charge in [-0.05, 0) is 92.3 Å². The Morgan fingerprint density at radius 3 is 2.49 bits per heavy atom. The quantitative estimate of drug-likeness (QED) is 0.533. The van der Waals surface area contributed by atoms with Crippen molar-refractivity contribution < 1.29 is 14.3 Å². The zero-order valence-electron chi connectivity index (χ0n) is 22.1. The molecule has 1 aliphatic carbocycles. The zero-order valence-corrected chi connectivity index (χ0v) is 22.1. The number of aryl methyl sites for hydroxylation is 1. The molecule has 1 heterocycles. The van der Waals surface area contributed by atoms with Gasteiger partial charge in [-0.1, -0.05) is 39.0 Å². The molecule has 190 valence electrons. The van der Waals surface area contributed by atoms with Crippen LogP contribution in [0.2, 0.25) is 0 Å². The van der Waals surface area contributed by atoms with Gasteiger partial charge in [0, 0.05) is 30.3 Å². The summed E-state index contributed by atoms with van der Waals surface area (Å²) in [6, 6.07) is 14.4. The van der Waals surface area contributed by atoms with Gasteiger partial charge in [0.15, 0.2) is 0 Å². The molecule has 4 rings (SSSR count). The molecule has 0 saturated carbocycles. The minimum Gasteiger partial charge on any atom is -0.491 e. The molecule has 0 spiro atoms. The van der Waals surface area contributed by atoms with Crippen molar-refractivity contribution in [3.8, 4) is 5.75 Å². The van der Waals surface area contributed by atoms with E-state index in [0.29, 0.717) is 12.2 Å². The summed E-state index contributed by atoms with van der Waals surface area (Å²) in [5, 5.41) is 6.97. The Labute approximate surface area is 211 Å². The number of benzene rings is 2. The summed E-state index contributed by atoms with van der Waals surface area (Å²) in [6.45, 7) is 13.6. The van der Waals surface area contributed by atoms with Crippen molar-refractivity contribution in [1.82, 2.24) is 10.6 Å². The summed E-state index contributed by atoms with van der Waals surface area (Å²) < 4.78 is 11.4. The summed E-state index contributed by atoms with van der Waals surface area (Å²) in [4.78, 5) is 12.9. The van der Waals surface area contributed by atoms with Gasteiger partial charge in [0.25, 0.3) is 5.91 Å². The third-order valence-electron chi connectivity index (χ3n) is 7.13. The minimum atomic E-state index is -0.0760. The van der Waals surface area contributed by atoms with E-state index in [1.165, 1.54) is 16.7 Å². The Morgan fingerprint density at radius 2 is 1.80 bits per heavy atom. The minimum absolute atomic E-state index is 0.0201. The zero-order chi connectivity index (χ0) is 25.1. The van der Waals surface area contributed by atoms with Gasteiger partial charge in [-0.15, -0.1) is 0 Å². The molecule has 5 nitrogen and oxygen atoms in total. The molecule has 2 N–H and O–H groups in total. The van der Waals surface area contributed by atoms with Crippen molar-refractivity contribution >= 4 is 5.91 Å². The molecule has 2 aromatic carbocycles. The third kappa shape index (κ3) is 7.08. The summed E-state index contributed by atoms with van der Waals surface area (Å²) >= 11 is 0. The van der Waals surface area contributed by atoms with E-state index in [4.69, 9.17) is 9.47 Å². The molecular weight excluding hydrogens is 436 g/mol. The van der Waals surface area contributed by atoms with Crippen LogP contribution in [0.4, 0.5) is 0 Å². The maximum atomic E-state index is 12.9. The summed E-state index contributed by atoms with van der Waals surface area (Å²) in [6.07, 6.45) is 5.17. The fourth-order valence-electron chi connectivity index (χ4n) is 4.79. The second kappa shape index (κ2) is 10.7. The van der Waals surface area contributed by atoms with Crippen LogP contribution in [0, 0.1) is 5.41 Å². The molecule has 2 aromatic rings. The first-order valence-corrected chi connectivity index (χ1v) is 13.1. The van der Waals surface area contributed by atoms with E-state index in [1.807, 2.05) is 24.3 Å². The number of carbonyl (C=O) groups excluding carboxylic acids is 1. The van der Waals surface area contributed by atoms with Crippen LogP contribution in [0.1, 0.15) is 80.9 Å². The second-order valence-electron chi connectivity index (χ2n) is 11.9. The van der Waals surface area contributed by atoms with Crippen LogP contribution in [-0.2, 0) is 23.1 Å². The smallest absolute Gasteiger partial charge is 0.251 e. The van der Waals surface area contributed by atoms with E-state index in [1.54, 1.807) is 0 Å². The molecule has 0 aromatic heterocycles. The predicted molar refractivity (Wildman–Crippen MR) is 141 cm³/mol. The summed E-state index contributed by atoms with van der Waals surface area (Å²) in [5.41, 5.74) is 4.91. The van der Waals surface area contributed by atoms with Crippen LogP contribution < -0.4 is 15.4 Å². The van der Waals surface area contributed by atoms with Crippen molar-refractivity contribution in [2.45, 2.75) is 84.4 Å². The Morgan fingerprint density at radius 1 is 1.03 bits per heavy atom. The van der Waals surface area contributed by atoms with Gasteiger partial charge < -0.3 is 20.1 Å². The lowest BCUT2D eigenvalue weighted by Gasteiger charge is -2.33. The second-order valence-corrected chi connectivity index (χ2v) is 11.9. The van der Waals surface area contributed by atoms with Crippen LogP contribution in [0.15, 0.2) is 42.5 Å². The number of fused-ring (bicyclic) bond motifs is 1. The lowest BCUT2D eigenvalue weighted by Crippen LogP contribution is -2.42. The Kier molecular flexibility index (Phi) is 7.87. The number of hydrogen-bond donors (Lipinski definition) is 2. The van der Waals surface area contributed by atoms with Gasteiger partial charge in [0.2, 0.25) is 0 Å². The van der Waals surface area contributed by atoms with Gasteiger partial charge in [-0.3, -0.25) is 4.79 Å². The fourth-order valence-corrected chi connectivity index (χ4v) is 4.79. The van der Waals surface area contributed by atoms with E-state index in [0.717, 1.165) is 51.0 Å². The van der Waals surface area contributed by atoms with E-state index < -0.39 is 0 Å². The maximum Gasteiger partial charge on any atom is 0.251 e. The molecule has 5 heteroatoms. The largest absolute Gasteiger partial charge is 0.491 e. The monoisotopic (exact) mass is 478 g/mol. The lowest BCUT2D eigenvalue weighted by molar-refractivity contribution is 0.0679. The van der Waals surface area contributed by atoms with Gasteiger partial charge in [-0.2, -0.15) is 0 Å². The first-order valence-electron chi connectivity index (χ1n) is 13.1. The van der Waals surface area contributed by atoms with E-state index >= 15 is 0 Å². The van der Waals surface area contributed by atoms with Crippen LogP contribution in [0.25, 0.3) is 0 Å². The third-order valence-corrected chi connectivity index (χ3v) is 7.13. The first kappa shape index (κ1) is 25.7. The molecule has 0 bridgehead atoms. The molecular formula is C30H42N2O3. The average molecular weight is 479 g/mol. The highest BCUT2D eigenvalue weighted by molar-refractivity contribution is 5.94. The van der Waals surface area contributed by atoms with Gasteiger partial charge in [0.1, 0.15) is 12.4 Å². The van der Waals surface area contributed by atoms with Crippen molar-refractivity contribution in [2.75, 3.05) is 19.8 Å². The van der Waals surface area contributed by atoms with Gasteiger partial charge in [-0.25, -0.2) is 0 Å². The van der Waals surface area contributed by atoms with Crippen LogP contribution in [0.3, 0.4) is 0 Å². The molecule has 2 aliphatic rings. The topological polar surface area (TPSA) is 59.6 Å². The molecule has 35 heavy (non-hydrogen) atoms. The van der Waals surface area contributed by atoms with Crippen molar-refractivity contribution in [1.29, 1.82) is 0 Å². The fraction of sp³-hybridized carbons (Fsp3) is 0.567. The Bertz CT molecular complexity index is 1000. The number of carbonyl (C=O) groups is 1. The number of hydrogen-bond acceptors (Lipinski definition) is 4. The predicted octanol–water partition coefficient (Wildman–Crippen LogP) is 5.40. The van der Waals surface area contributed by atoms with E-state index in [9.17, 15) is 4.79 Å². The van der Waals surface area contributed by atoms with E-state index in [-0.39, 0.29) is 29.0 Å². The number of amides is 1. The standard InChI is InChI=1S/C30H42N2O3/c1-29(2,3)20-31-30(4,5)24-12-8-23-18-25(13-9-22(23)17-24)32-28(33)21-10-14-26(15-11-21)35-19-27-7-6-16-34-27/h8,10-12,14-15,17,25,27,31H,6-7,9,13,16,18-20H2,1-5H3,(H,32,33)/t25?,27-/m0/s1. The van der Waals surface area contributed by atoms with Gasteiger partial charge >= 0.3 is 0 Å². The average Bonchev–Trinajstić information content (AvgIpc) is 3.35. The molecule has 1 unspecified atom stereocenters. The van der Waals surface area contributed by atoms with Crippen molar-refractivity contribution in [3.05, 3.63) is 64.7 Å². The number of nitrogens with one attached hydrogen (secondary N) is 2. The normalized spacial score (nSPS) is 20.4. The van der Waals surface area contributed by atoms with Crippen LogP contribution >= 0.6 is 0 Å². The molecule has 1 aliphatic heterocycles. The molecule has 2 atom stereocenters. The maximum absolute atomic E-state index is 12.9. The Hall–Kier alpha value is -2.37. The molecule has 1 fully saturated rings. The van der Waals surface area contributed by atoms with Gasteiger partial charge in [0.05, 0.1) is 6.10 Å². The molecule has 0 radical (unpaired) electrons. The lowest BCUT2D eigenvalue weighted by atomic mass is 9.83. The number of rotatable bonds is 8.